The fraction of sp³-hybridized carbons (Fsp3) is 0.583. The third kappa shape index (κ3) is 7.17. The SMILES string of the molecule is Cl.NCCCCCCNc1c(Cl)cnc(C(Cl)(Cl)Cl)c1Cl. The number of nitrogens with zero attached hydrogens (tertiary/aromatic N) is 1. The quantitative estimate of drug-likeness (QED) is 0.452. The van der Waals surface area contributed by atoms with Crippen LogP contribution in [-0.2, 0) is 3.79 Å². The van der Waals surface area contributed by atoms with E-state index in [4.69, 9.17) is 63.7 Å². The minimum absolute atomic E-state index is 0. The summed E-state index contributed by atoms with van der Waals surface area (Å²) < 4.78 is -1.68. The second-order valence-corrected chi connectivity index (χ2v) is 7.34. The van der Waals surface area contributed by atoms with Crippen molar-refractivity contribution in [3.63, 3.8) is 0 Å². The van der Waals surface area contributed by atoms with E-state index in [1.165, 1.54) is 6.20 Å². The molecule has 0 aliphatic heterocycles. The Bertz CT molecular complexity index is 436. The molecule has 3 N–H and O–H groups in total. The summed E-state index contributed by atoms with van der Waals surface area (Å²) in [6.45, 7) is 1.45. The van der Waals surface area contributed by atoms with E-state index in [1.54, 1.807) is 0 Å². The van der Waals surface area contributed by atoms with E-state index in [1.807, 2.05) is 0 Å². The van der Waals surface area contributed by atoms with Crippen LogP contribution in [0, 0.1) is 0 Å². The maximum Gasteiger partial charge on any atom is 0.234 e. The monoisotopic (exact) mass is 413 g/mol. The van der Waals surface area contributed by atoms with Gasteiger partial charge >= 0.3 is 0 Å². The van der Waals surface area contributed by atoms with Crippen LogP contribution in [0.4, 0.5) is 5.69 Å². The Hall–Kier alpha value is 0.650. The molecule has 9 heteroatoms. The Morgan fingerprint density at radius 2 is 1.71 bits per heavy atom. The van der Waals surface area contributed by atoms with Gasteiger partial charge in [-0.3, -0.25) is 4.98 Å². The fourth-order valence-electron chi connectivity index (χ4n) is 1.66. The third-order valence-corrected chi connectivity index (χ3v) is 3.87. The van der Waals surface area contributed by atoms with E-state index < -0.39 is 3.79 Å². The van der Waals surface area contributed by atoms with Crippen molar-refractivity contribution in [1.29, 1.82) is 0 Å². The molecule has 0 bridgehead atoms. The zero-order valence-corrected chi connectivity index (χ0v) is 15.7. The van der Waals surface area contributed by atoms with Crippen molar-refractivity contribution in [2.75, 3.05) is 18.4 Å². The lowest BCUT2D eigenvalue weighted by molar-refractivity contribution is 0.661. The molecular weight excluding hydrogens is 399 g/mol. The molecular formula is C12H17Cl6N3. The zero-order chi connectivity index (χ0) is 15.2. The van der Waals surface area contributed by atoms with Crippen molar-refractivity contribution in [3.8, 4) is 0 Å². The number of nitrogens with one attached hydrogen (secondary N) is 1. The molecule has 0 saturated heterocycles. The molecule has 21 heavy (non-hydrogen) atoms. The first kappa shape index (κ1) is 21.6. The van der Waals surface area contributed by atoms with Crippen LogP contribution in [0.3, 0.4) is 0 Å². The molecule has 0 saturated carbocycles. The molecule has 3 nitrogen and oxygen atoms in total. The Morgan fingerprint density at radius 3 is 2.29 bits per heavy atom. The summed E-state index contributed by atoms with van der Waals surface area (Å²) in [5.41, 5.74) is 6.15. The molecule has 1 rings (SSSR count). The predicted molar refractivity (Wildman–Crippen MR) is 96.8 cm³/mol. The molecule has 0 aliphatic rings. The summed E-state index contributed by atoms with van der Waals surface area (Å²) in [5, 5.41) is 3.79. The number of rotatable bonds is 7. The number of pyridine rings is 1. The predicted octanol–water partition coefficient (Wildman–Crippen LogP) is 5.57. The van der Waals surface area contributed by atoms with Crippen molar-refractivity contribution in [2.45, 2.75) is 29.5 Å². The maximum atomic E-state index is 6.18. The van der Waals surface area contributed by atoms with Gasteiger partial charge < -0.3 is 11.1 Å². The number of halogens is 6. The van der Waals surface area contributed by atoms with Gasteiger partial charge in [0.2, 0.25) is 3.79 Å². The average molecular weight is 416 g/mol. The number of anilines is 1. The second kappa shape index (κ2) is 10.4. The molecule has 122 valence electrons. The highest BCUT2D eigenvalue weighted by molar-refractivity contribution is 6.67. The molecule has 0 aliphatic carbocycles. The highest BCUT2D eigenvalue weighted by Crippen LogP contribution is 2.44. The lowest BCUT2D eigenvalue weighted by Crippen LogP contribution is -2.09. The van der Waals surface area contributed by atoms with Crippen LogP contribution < -0.4 is 11.1 Å². The van der Waals surface area contributed by atoms with Gasteiger partial charge in [0.1, 0.15) is 5.69 Å². The van der Waals surface area contributed by atoms with Crippen molar-refractivity contribution in [3.05, 3.63) is 21.9 Å². The largest absolute Gasteiger partial charge is 0.383 e. The van der Waals surface area contributed by atoms with Crippen LogP contribution in [0.2, 0.25) is 10.0 Å². The highest BCUT2D eigenvalue weighted by Gasteiger charge is 2.29. The first-order chi connectivity index (χ1) is 9.38. The molecule has 0 aromatic carbocycles. The minimum atomic E-state index is -1.68. The lowest BCUT2D eigenvalue weighted by Gasteiger charge is -2.16. The molecule has 0 amide bonds. The van der Waals surface area contributed by atoms with Crippen LogP contribution in [0.25, 0.3) is 0 Å². The topological polar surface area (TPSA) is 50.9 Å². The van der Waals surface area contributed by atoms with E-state index >= 15 is 0 Å². The normalized spacial score (nSPS) is 11.1. The smallest absolute Gasteiger partial charge is 0.234 e. The summed E-state index contributed by atoms with van der Waals surface area (Å²) in [7, 11) is 0. The number of alkyl halides is 3. The zero-order valence-electron chi connectivity index (χ0n) is 11.1. The number of hydrogen-bond acceptors (Lipinski definition) is 3. The third-order valence-electron chi connectivity index (χ3n) is 2.67. The van der Waals surface area contributed by atoms with E-state index in [2.05, 4.69) is 10.3 Å². The van der Waals surface area contributed by atoms with Crippen molar-refractivity contribution in [1.82, 2.24) is 4.98 Å². The number of nitrogens with two attached hydrogens (primary N) is 1. The Balaban J connectivity index is 0.00000400. The Morgan fingerprint density at radius 1 is 1.10 bits per heavy atom. The van der Waals surface area contributed by atoms with E-state index in [0.717, 1.165) is 38.8 Å². The summed E-state index contributed by atoms with van der Waals surface area (Å²) in [5.74, 6) is 0. The van der Waals surface area contributed by atoms with Gasteiger partial charge in [-0.2, -0.15) is 0 Å². The second-order valence-electron chi connectivity index (χ2n) is 4.27. The highest BCUT2D eigenvalue weighted by atomic mass is 35.6. The first-order valence-electron chi connectivity index (χ1n) is 6.23. The summed E-state index contributed by atoms with van der Waals surface area (Å²) in [6.07, 6.45) is 5.63. The number of aromatic nitrogens is 1. The summed E-state index contributed by atoms with van der Waals surface area (Å²) in [4.78, 5) is 3.96. The lowest BCUT2D eigenvalue weighted by atomic mass is 10.2. The molecule has 0 atom stereocenters. The van der Waals surface area contributed by atoms with Crippen LogP contribution >= 0.6 is 70.4 Å². The van der Waals surface area contributed by atoms with Gasteiger partial charge in [0.25, 0.3) is 0 Å². The minimum Gasteiger partial charge on any atom is -0.383 e. The van der Waals surface area contributed by atoms with Gasteiger partial charge in [0.15, 0.2) is 0 Å². The fourth-order valence-corrected chi connectivity index (χ4v) is 2.85. The van der Waals surface area contributed by atoms with Gasteiger partial charge in [-0.05, 0) is 19.4 Å². The first-order valence-corrected chi connectivity index (χ1v) is 8.12. The van der Waals surface area contributed by atoms with E-state index in [9.17, 15) is 0 Å². The summed E-state index contributed by atoms with van der Waals surface area (Å²) in [6, 6.07) is 0. The standard InChI is InChI=1S/C12H16Cl5N3.ClH/c13-8-7-20-11(12(15,16)17)9(14)10(8)19-6-4-2-1-3-5-18;/h7H,1-6,18H2,(H,19,20);1H. The maximum absolute atomic E-state index is 6.18. The van der Waals surface area contributed by atoms with E-state index in [0.29, 0.717) is 10.7 Å². The number of hydrogen-bond donors (Lipinski definition) is 2. The van der Waals surface area contributed by atoms with Crippen LogP contribution in [0.1, 0.15) is 31.4 Å². The van der Waals surface area contributed by atoms with Gasteiger partial charge in [-0.1, -0.05) is 70.8 Å². The molecule has 0 radical (unpaired) electrons. The summed E-state index contributed by atoms with van der Waals surface area (Å²) >= 11 is 29.7. The molecule has 1 heterocycles. The molecule has 0 spiro atoms. The van der Waals surface area contributed by atoms with E-state index in [-0.39, 0.29) is 23.1 Å². The van der Waals surface area contributed by atoms with Crippen molar-refractivity contribution in [2.24, 2.45) is 5.73 Å². The van der Waals surface area contributed by atoms with Gasteiger partial charge in [-0.25, -0.2) is 0 Å². The van der Waals surface area contributed by atoms with Gasteiger partial charge in [-0.15, -0.1) is 12.4 Å². The Labute approximate surface area is 156 Å². The Kier molecular flexibility index (Phi) is 10.8. The number of unbranched alkanes of at least 4 members (excludes halogenated alkanes) is 3. The molecule has 1 aromatic heterocycles. The van der Waals surface area contributed by atoms with Crippen molar-refractivity contribution < 1.29 is 0 Å². The van der Waals surface area contributed by atoms with Crippen LogP contribution in [0.15, 0.2) is 6.20 Å². The average Bonchev–Trinajstić information content (AvgIpc) is 2.35. The molecule has 1 aromatic rings. The van der Waals surface area contributed by atoms with Gasteiger partial charge in [0.05, 0.1) is 15.7 Å². The molecule has 0 unspecified atom stereocenters. The van der Waals surface area contributed by atoms with Crippen LogP contribution in [0.5, 0.6) is 0 Å². The van der Waals surface area contributed by atoms with Crippen molar-refractivity contribution >= 4 is 76.1 Å². The van der Waals surface area contributed by atoms with Gasteiger partial charge in [0, 0.05) is 12.7 Å². The molecule has 0 fully saturated rings. The van der Waals surface area contributed by atoms with Crippen LogP contribution in [-0.4, -0.2) is 18.1 Å².